The molecule has 0 saturated carbocycles. The number of nitrogens with one attached hydrogen (secondary N) is 1. The normalized spacial score (nSPS) is 16.2. The van der Waals surface area contributed by atoms with E-state index in [9.17, 15) is 9.59 Å². The summed E-state index contributed by atoms with van der Waals surface area (Å²) in [5.41, 5.74) is 4.48. The lowest BCUT2D eigenvalue weighted by Gasteiger charge is -2.24. The van der Waals surface area contributed by atoms with Crippen molar-refractivity contribution in [2.24, 2.45) is 4.99 Å². The van der Waals surface area contributed by atoms with E-state index in [-0.39, 0.29) is 18.5 Å². The van der Waals surface area contributed by atoms with Gasteiger partial charge in [0.15, 0.2) is 0 Å². The highest BCUT2D eigenvalue weighted by Gasteiger charge is 2.31. The minimum absolute atomic E-state index is 0.00657. The fourth-order valence-electron chi connectivity index (χ4n) is 4.25. The first-order valence-electron chi connectivity index (χ1n) is 11.1. The van der Waals surface area contributed by atoms with Crippen molar-refractivity contribution >= 4 is 23.8 Å². The summed E-state index contributed by atoms with van der Waals surface area (Å²) in [5, 5.41) is 12.0. The van der Waals surface area contributed by atoms with Crippen molar-refractivity contribution in [3.05, 3.63) is 90.0 Å². The molecule has 3 aromatic carbocycles. The van der Waals surface area contributed by atoms with Gasteiger partial charge in [-0.25, -0.2) is 0 Å². The van der Waals surface area contributed by atoms with E-state index in [1.165, 1.54) is 5.56 Å². The third kappa shape index (κ3) is 5.73. The number of carboxylic acid groups (broad SMARTS) is 1. The van der Waals surface area contributed by atoms with Gasteiger partial charge >= 0.3 is 5.97 Å². The first kappa shape index (κ1) is 22.4. The lowest BCUT2D eigenvalue weighted by Crippen LogP contribution is -2.39. The quantitative estimate of drug-likeness (QED) is 0.506. The van der Waals surface area contributed by atoms with Crippen LogP contribution in [0, 0.1) is 0 Å². The molecular formula is C27H27N3O3. The average Bonchev–Trinajstić information content (AvgIpc) is 3.28. The molecule has 0 bridgehead atoms. The predicted octanol–water partition coefficient (Wildman–Crippen LogP) is 4.46. The Morgan fingerprint density at radius 3 is 2.45 bits per heavy atom. The number of aliphatic imine (C=N–C) groups is 1. The fourth-order valence-corrected chi connectivity index (χ4v) is 4.25. The summed E-state index contributed by atoms with van der Waals surface area (Å²) in [6.45, 7) is 1.37. The lowest BCUT2D eigenvalue weighted by molar-refractivity contribution is -0.135. The van der Waals surface area contributed by atoms with Crippen molar-refractivity contribution < 1.29 is 14.7 Å². The second-order valence-corrected chi connectivity index (χ2v) is 8.10. The number of para-hydroxylation sites is 1. The number of amides is 1. The Kier molecular flexibility index (Phi) is 7.27. The van der Waals surface area contributed by atoms with Crippen molar-refractivity contribution in [1.82, 2.24) is 4.90 Å². The van der Waals surface area contributed by atoms with Crippen LogP contribution in [0.4, 0.5) is 5.69 Å². The van der Waals surface area contributed by atoms with E-state index in [1.54, 1.807) is 6.21 Å². The van der Waals surface area contributed by atoms with Crippen LogP contribution in [-0.2, 0) is 16.1 Å². The Balaban J connectivity index is 1.54. The second kappa shape index (κ2) is 10.7. The molecule has 0 radical (unpaired) electrons. The zero-order valence-electron chi connectivity index (χ0n) is 18.4. The van der Waals surface area contributed by atoms with E-state index in [4.69, 9.17) is 5.11 Å². The van der Waals surface area contributed by atoms with Crippen LogP contribution < -0.4 is 5.32 Å². The van der Waals surface area contributed by atoms with Crippen LogP contribution in [0.5, 0.6) is 0 Å². The molecule has 3 aromatic rings. The van der Waals surface area contributed by atoms with Gasteiger partial charge in [-0.05, 0) is 36.6 Å². The van der Waals surface area contributed by atoms with Crippen LogP contribution in [0.1, 0.15) is 24.0 Å². The highest BCUT2D eigenvalue weighted by atomic mass is 16.4. The van der Waals surface area contributed by atoms with E-state index < -0.39 is 5.97 Å². The number of rotatable bonds is 8. The van der Waals surface area contributed by atoms with Crippen molar-refractivity contribution in [3.8, 4) is 11.1 Å². The number of carbonyl (C=O) groups excluding carboxylic acids is 1. The third-order valence-electron chi connectivity index (χ3n) is 5.79. The average molecular weight is 442 g/mol. The van der Waals surface area contributed by atoms with Crippen LogP contribution in [0.3, 0.4) is 0 Å². The van der Waals surface area contributed by atoms with E-state index in [0.717, 1.165) is 48.3 Å². The fraction of sp³-hybridized carbons (Fsp3) is 0.222. The van der Waals surface area contributed by atoms with E-state index in [2.05, 4.69) is 27.3 Å². The Morgan fingerprint density at radius 1 is 0.970 bits per heavy atom. The number of hydrogen-bond donors (Lipinski definition) is 2. The Hall–Kier alpha value is -3.77. The van der Waals surface area contributed by atoms with Gasteiger partial charge in [0.2, 0.25) is 5.91 Å². The first-order chi connectivity index (χ1) is 16.1. The molecule has 0 spiro atoms. The smallest absolute Gasteiger partial charge is 0.325 e. The molecule has 1 aliphatic heterocycles. The Morgan fingerprint density at radius 2 is 1.67 bits per heavy atom. The summed E-state index contributed by atoms with van der Waals surface area (Å²) < 4.78 is 0. The van der Waals surface area contributed by atoms with Gasteiger partial charge in [-0.3, -0.25) is 19.5 Å². The van der Waals surface area contributed by atoms with Gasteiger partial charge in [0.25, 0.3) is 0 Å². The summed E-state index contributed by atoms with van der Waals surface area (Å²) in [6.07, 6.45) is 3.40. The molecule has 168 valence electrons. The Labute approximate surface area is 193 Å². The second-order valence-electron chi connectivity index (χ2n) is 8.10. The summed E-state index contributed by atoms with van der Waals surface area (Å²) in [4.78, 5) is 30.4. The summed E-state index contributed by atoms with van der Waals surface area (Å²) in [5.74, 6) is -0.985. The van der Waals surface area contributed by atoms with Crippen LogP contribution in [0.25, 0.3) is 11.1 Å². The van der Waals surface area contributed by atoms with Gasteiger partial charge in [-0.1, -0.05) is 72.8 Å². The number of carboxylic acids is 1. The zero-order chi connectivity index (χ0) is 23.0. The summed E-state index contributed by atoms with van der Waals surface area (Å²) in [7, 11) is 0. The van der Waals surface area contributed by atoms with Crippen LogP contribution in [0.15, 0.2) is 83.9 Å². The first-order valence-corrected chi connectivity index (χ1v) is 11.1. The standard InChI is InChI=1S/C27H27N3O3/c31-26(32)18-28-17-21-11-4-5-12-22(21)23-13-6-7-14-24(23)29-27(33)25-15-8-16-30(25)19-20-9-2-1-3-10-20/h1-7,9-14,17,25H,8,15-16,18-19H2,(H,29,33)(H,31,32)/b28-17+/t25-/m0/s1. The highest BCUT2D eigenvalue weighted by molar-refractivity contribution is 6.01. The summed E-state index contributed by atoms with van der Waals surface area (Å²) in [6, 6.07) is 25.4. The molecule has 1 fully saturated rings. The number of hydrogen-bond acceptors (Lipinski definition) is 4. The maximum Gasteiger partial charge on any atom is 0.325 e. The maximum absolute atomic E-state index is 13.3. The monoisotopic (exact) mass is 441 g/mol. The SMILES string of the molecule is O=C(O)C/N=C/c1ccccc1-c1ccccc1NC(=O)[C@@H]1CCCN1Cc1ccccc1. The van der Waals surface area contributed by atoms with Crippen molar-refractivity contribution in [1.29, 1.82) is 0 Å². The molecule has 1 saturated heterocycles. The largest absolute Gasteiger partial charge is 0.480 e. The topological polar surface area (TPSA) is 82.0 Å². The third-order valence-corrected chi connectivity index (χ3v) is 5.79. The molecule has 0 aliphatic carbocycles. The predicted molar refractivity (Wildman–Crippen MR) is 130 cm³/mol. The van der Waals surface area contributed by atoms with Crippen LogP contribution in [-0.4, -0.2) is 47.2 Å². The molecule has 2 N–H and O–H groups in total. The molecule has 6 nitrogen and oxygen atoms in total. The van der Waals surface area contributed by atoms with Gasteiger partial charge in [0, 0.05) is 29.6 Å². The molecular weight excluding hydrogens is 414 g/mol. The van der Waals surface area contributed by atoms with Gasteiger partial charge in [-0.2, -0.15) is 0 Å². The van der Waals surface area contributed by atoms with Crippen LogP contribution in [0.2, 0.25) is 0 Å². The van der Waals surface area contributed by atoms with Crippen molar-refractivity contribution in [2.45, 2.75) is 25.4 Å². The summed E-state index contributed by atoms with van der Waals surface area (Å²) >= 11 is 0. The number of aliphatic carboxylic acids is 1. The molecule has 0 unspecified atom stereocenters. The lowest BCUT2D eigenvalue weighted by atomic mass is 9.98. The van der Waals surface area contributed by atoms with Crippen molar-refractivity contribution in [2.75, 3.05) is 18.4 Å². The van der Waals surface area contributed by atoms with Gasteiger partial charge in [0.1, 0.15) is 6.54 Å². The molecule has 1 atom stereocenters. The molecule has 33 heavy (non-hydrogen) atoms. The molecule has 1 heterocycles. The Bertz CT molecular complexity index is 1140. The number of anilines is 1. The molecule has 1 amide bonds. The van der Waals surface area contributed by atoms with Gasteiger partial charge < -0.3 is 10.4 Å². The molecule has 1 aliphatic rings. The number of benzene rings is 3. The van der Waals surface area contributed by atoms with Crippen molar-refractivity contribution in [3.63, 3.8) is 0 Å². The van der Waals surface area contributed by atoms with Gasteiger partial charge in [-0.15, -0.1) is 0 Å². The number of nitrogens with zero attached hydrogens (tertiary/aromatic N) is 2. The minimum atomic E-state index is -0.979. The highest BCUT2D eigenvalue weighted by Crippen LogP contribution is 2.31. The van der Waals surface area contributed by atoms with E-state index >= 15 is 0 Å². The molecule has 0 aromatic heterocycles. The number of likely N-dealkylation sites (tertiary alicyclic amines) is 1. The molecule has 6 heteroatoms. The van der Waals surface area contributed by atoms with E-state index in [1.807, 2.05) is 66.7 Å². The van der Waals surface area contributed by atoms with Gasteiger partial charge in [0.05, 0.1) is 6.04 Å². The maximum atomic E-state index is 13.3. The minimum Gasteiger partial charge on any atom is -0.480 e. The van der Waals surface area contributed by atoms with E-state index in [0.29, 0.717) is 0 Å². The molecule has 4 rings (SSSR count). The number of carbonyl (C=O) groups is 2. The zero-order valence-corrected chi connectivity index (χ0v) is 18.4. The van der Waals surface area contributed by atoms with Crippen LogP contribution >= 0.6 is 0 Å².